The molecule has 3 rings (SSSR count). The number of hydrogen-bond donors (Lipinski definition) is 1. The van der Waals surface area contributed by atoms with Crippen molar-refractivity contribution in [1.82, 2.24) is 0 Å². The van der Waals surface area contributed by atoms with Crippen LogP contribution in [-0.2, 0) is 14.8 Å². The van der Waals surface area contributed by atoms with Gasteiger partial charge >= 0.3 is 0 Å². The number of fused-ring (bicyclic) bond motifs is 1. The zero-order valence-corrected chi connectivity index (χ0v) is 14.3. The van der Waals surface area contributed by atoms with Gasteiger partial charge in [0.25, 0.3) is 10.0 Å². The van der Waals surface area contributed by atoms with Crippen LogP contribution in [0.4, 0.5) is 11.4 Å². The predicted molar refractivity (Wildman–Crippen MR) is 92.0 cm³/mol. The van der Waals surface area contributed by atoms with Gasteiger partial charge in [-0.05, 0) is 36.8 Å². The Bertz CT molecular complexity index is 893. The number of aryl methyl sites for hydroxylation is 1. The zero-order chi connectivity index (χ0) is 17.3. The summed E-state index contributed by atoms with van der Waals surface area (Å²) in [6, 6.07) is 11.7. The van der Waals surface area contributed by atoms with E-state index in [9.17, 15) is 13.2 Å². The monoisotopic (exact) mass is 346 g/mol. The molecule has 1 aliphatic heterocycles. The van der Waals surface area contributed by atoms with E-state index < -0.39 is 10.0 Å². The summed E-state index contributed by atoms with van der Waals surface area (Å²) in [5, 5.41) is 0. The number of nitrogens with one attached hydrogen (secondary N) is 1. The molecule has 0 aromatic heterocycles. The van der Waals surface area contributed by atoms with E-state index in [0.29, 0.717) is 29.3 Å². The number of anilines is 2. The van der Waals surface area contributed by atoms with E-state index >= 15 is 0 Å². The first kappa shape index (κ1) is 16.3. The van der Waals surface area contributed by atoms with Gasteiger partial charge in [0, 0.05) is 7.05 Å². The van der Waals surface area contributed by atoms with Crippen molar-refractivity contribution in [3.8, 4) is 5.75 Å². The van der Waals surface area contributed by atoms with Crippen LogP contribution in [0.15, 0.2) is 47.4 Å². The van der Waals surface area contributed by atoms with Gasteiger partial charge in [0.2, 0.25) is 5.91 Å². The third-order valence-corrected chi connectivity index (χ3v) is 5.44. The second kappa shape index (κ2) is 6.16. The molecule has 2 aromatic rings. The minimum atomic E-state index is -3.70. The van der Waals surface area contributed by atoms with Crippen LogP contribution in [0.25, 0.3) is 0 Å². The normalized spacial score (nSPS) is 14.6. The van der Waals surface area contributed by atoms with Crippen molar-refractivity contribution in [3.05, 3.63) is 48.0 Å². The van der Waals surface area contributed by atoms with Crippen LogP contribution in [0.3, 0.4) is 0 Å². The molecular weight excluding hydrogens is 328 g/mol. The molecule has 0 saturated carbocycles. The summed E-state index contributed by atoms with van der Waals surface area (Å²) in [4.78, 5) is 13.6. The summed E-state index contributed by atoms with van der Waals surface area (Å²) in [7, 11) is -2.06. The molecule has 126 valence electrons. The number of benzene rings is 2. The summed E-state index contributed by atoms with van der Waals surface area (Å²) in [5.41, 5.74) is 1.58. The molecule has 0 bridgehead atoms. The molecule has 0 atom stereocenters. The Balaban J connectivity index is 1.96. The first-order valence-electron chi connectivity index (χ1n) is 7.50. The standard InChI is InChI=1S/C17H18N2O4S/c1-12-5-3-4-6-16(12)24(21,22)18-13-7-8-15-14(11-13)19(2)17(20)9-10-23-15/h3-8,11,18H,9-10H2,1-2H3. The quantitative estimate of drug-likeness (QED) is 0.927. The first-order chi connectivity index (χ1) is 11.4. The number of hydrogen-bond acceptors (Lipinski definition) is 4. The van der Waals surface area contributed by atoms with Crippen LogP contribution in [-0.4, -0.2) is 28.0 Å². The van der Waals surface area contributed by atoms with Gasteiger partial charge < -0.3 is 9.64 Å². The van der Waals surface area contributed by atoms with Gasteiger partial charge in [0.15, 0.2) is 0 Å². The number of sulfonamides is 1. The van der Waals surface area contributed by atoms with E-state index in [2.05, 4.69) is 4.72 Å². The lowest BCUT2D eigenvalue weighted by Crippen LogP contribution is -2.25. The highest BCUT2D eigenvalue weighted by Crippen LogP contribution is 2.34. The average molecular weight is 346 g/mol. The van der Waals surface area contributed by atoms with Crippen molar-refractivity contribution in [1.29, 1.82) is 0 Å². The Morgan fingerprint density at radius 2 is 1.92 bits per heavy atom. The highest BCUT2D eigenvalue weighted by atomic mass is 32.2. The van der Waals surface area contributed by atoms with E-state index in [0.717, 1.165) is 0 Å². The molecule has 0 unspecified atom stereocenters. The molecule has 0 fully saturated rings. The Morgan fingerprint density at radius 3 is 2.67 bits per heavy atom. The van der Waals surface area contributed by atoms with Crippen LogP contribution in [0, 0.1) is 6.92 Å². The molecule has 0 aliphatic carbocycles. The zero-order valence-electron chi connectivity index (χ0n) is 13.4. The van der Waals surface area contributed by atoms with E-state index in [1.165, 1.54) is 4.90 Å². The molecule has 1 aliphatic rings. The molecule has 1 N–H and O–H groups in total. The molecule has 1 amide bonds. The van der Waals surface area contributed by atoms with Gasteiger partial charge in [-0.15, -0.1) is 0 Å². The van der Waals surface area contributed by atoms with Crippen molar-refractivity contribution in [2.45, 2.75) is 18.2 Å². The molecule has 6 nitrogen and oxygen atoms in total. The summed E-state index contributed by atoms with van der Waals surface area (Å²) in [6.07, 6.45) is 0.287. The largest absolute Gasteiger partial charge is 0.491 e. The maximum absolute atomic E-state index is 12.6. The highest BCUT2D eigenvalue weighted by Gasteiger charge is 2.22. The van der Waals surface area contributed by atoms with Crippen LogP contribution >= 0.6 is 0 Å². The summed E-state index contributed by atoms with van der Waals surface area (Å²) in [5.74, 6) is 0.481. The molecule has 0 spiro atoms. The molecule has 0 radical (unpaired) electrons. The average Bonchev–Trinajstić information content (AvgIpc) is 2.67. The predicted octanol–water partition coefficient (Wildman–Crippen LogP) is 2.54. The lowest BCUT2D eigenvalue weighted by atomic mass is 10.2. The molecule has 0 saturated heterocycles. The molecule has 7 heteroatoms. The van der Waals surface area contributed by atoms with E-state index in [1.54, 1.807) is 56.4 Å². The minimum absolute atomic E-state index is 0.0762. The minimum Gasteiger partial charge on any atom is -0.491 e. The van der Waals surface area contributed by atoms with Crippen molar-refractivity contribution in [2.24, 2.45) is 0 Å². The van der Waals surface area contributed by atoms with Crippen LogP contribution in [0.5, 0.6) is 5.75 Å². The Hall–Kier alpha value is -2.54. The molecular formula is C17H18N2O4S. The summed E-state index contributed by atoms with van der Waals surface area (Å²) >= 11 is 0. The fraction of sp³-hybridized carbons (Fsp3) is 0.235. The Labute approximate surface area is 141 Å². The van der Waals surface area contributed by atoms with Gasteiger partial charge in [-0.1, -0.05) is 18.2 Å². The molecule has 1 heterocycles. The van der Waals surface area contributed by atoms with E-state index in [-0.39, 0.29) is 17.2 Å². The van der Waals surface area contributed by atoms with Crippen LogP contribution in [0.1, 0.15) is 12.0 Å². The maximum atomic E-state index is 12.6. The number of rotatable bonds is 3. The van der Waals surface area contributed by atoms with E-state index in [4.69, 9.17) is 4.74 Å². The number of amides is 1. The summed E-state index contributed by atoms with van der Waals surface area (Å²) in [6.45, 7) is 2.05. The van der Waals surface area contributed by atoms with Gasteiger partial charge in [-0.25, -0.2) is 8.42 Å². The van der Waals surface area contributed by atoms with Crippen LogP contribution in [0.2, 0.25) is 0 Å². The van der Waals surface area contributed by atoms with Crippen molar-refractivity contribution >= 4 is 27.3 Å². The fourth-order valence-electron chi connectivity index (χ4n) is 2.58. The van der Waals surface area contributed by atoms with Gasteiger partial charge in [0.1, 0.15) is 5.75 Å². The van der Waals surface area contributed by atoms with Crippen molar-refractivity contribution in [3.63, 3.8) is 0 Å². The van der Waals surface area contributed by atoms with Crippen LogP contribution < -0.4 is 14.4 Å². The third kappa shape index (κ3) is 3.07. The topological polar surface area (TPSA) is 75.7 Å². The Morgan fingerprint density at radius 1 is 1.17 bits per heavy atom. The second-order valence-corrected chi connectivity index (χ2v) is 7.26. The SMILES string of the molecule is Cc1ccccc1S(=O)(=O)Nc1ccc2c(c1)N(C)C(=O)CCO2. The number of carbonyl (C=O) groups is 1. The van der Waals surface area contributed by atoms with Crippen molar-refractivity contribution < 1.29 is 17.9 Å². The second-order valence-electron chi connectivity index (χ2n) is 5.60. The highest BCUT2D eigenvalue weighted by molar-refractivity contribution is 7.92. The molecule has 24 heavy (non-hydrogen) atoms. The fourth-order valence-corrected chi connectivity index (χ4v) is 3.88. The lowest BCUT2D eigenvalue weighted by Gasteiger charge is -2.18. The first-order valence-corrected chi connectivity index (χ1v) is 8.99. The maximum Gasteiger partial charge on any atom is 0.262 e. The Kier molecular flexibility index (Phi) is 4.19. The number of ether oxygens (including phenoxy) is 1. The third-order valence-electron chi connectivity index (χ3n) is 3.90. The smallest absolute Gasteiger partial charge is 0.262 e. The number of carbonyl (C=O) groups excluding carboxylic acids is 1. The summed E-state index contributed by atoms with van der Waals surface area (Å²) < 4.78 is 33.3. The van der Waals surface area contributed by atoms with E-state index in [1.807, 2.05) is 0 Å². The van der Waals surface area contributed by atoms with Gasteiger partial charge in [-0.3, -0.25) is 9.52 Å². The van der Waals surface area contributed by atoms with Gasteiger partial charge in [0.05, 0.1) is 29.3 Å². The lowest BCUT2D eigenvalue weighted by molar-refractivity contribution is -0.118. The molecule has 2 aromatic carbocycles. The van der Waals surface area contributed by atoms with Crippen molar-refractivity contribution in [2.75, 3.05) is 23.3 Å². The van der Waals surface area contributed by atoms with Gasteiger partial charge in [-0.2, -0.15) is 0 Å². The number of nitrogens with zero attached hydrogens (tertiary/aromatic N) is 1.